The van der Waals surface area contributed by atoms with Crippen LogP contribution in [0.15, 0.2) is 47.7 Å². The number of unbranched alkanes of at least 4 members (excludes halogenated alkanes) is 3. The van der Waals surface area contributed by atoms with E-state index in [9.17, 15) is 4.79 Å². The van der Waals surface area contributed by atoms with Crippen molar-refractivity contribution >= 4 is 34.5 Å². The normalized spacial score (nSPS) is 19.3. The maximum Gasteiger partial charge on any atom is 0.256 e. The first-order chi connectivity index (χ1) is 19.2. The first-order valence-electron chi connectivity index (χ1n) is 14.5. The van der Waals surface area contributed by atoms with Crippen LogP contribution in [0.2, 0.25) is 0 Å². The van der Waals surface area contributed by atoms with Gasteiger partial charge in [0, 0.05) is 51.3 Å². The number of aryl methyl sites for hydroxylation is 1. The Morgan fingerprint density at radius 3 is 2.56 bits per heavy atom. The molecule has 204 valence electrons. The molecule has 4 heterocycles. The smallest absolute Gasteiger partial charge is 0.256 e. The number of piperazine rings is 1. The predicted octanol–water partition coefficient (Wildman–Crippen LogP) is 5.02. The quantitative estimate of drug-likeness (QED) is 0.365. The summed E-state index contributed by atoms with van der Waals surface area (Å²) in [5.41, 5.74) is 2.58. The molecule has 0 saturated carbocycles. The monoisotopic (exact) mass is 526 g/mol. The number of anilines is 1. The number of hydrogen-bond donors (Lipinski definition) is 0. The predicted molar refractivity (Wildman–Crippen MR) is 156 cm³/mol. The van der Waals surface area contributed by atoms with Gasteiger partial charge in [-0.05, 0) is 85.8 Å². The van der Waals surface area contributed by atoms with Crippen LogP contribution in [0, 0.1) is 6.92 Å². The van der Waals surface area contributed by atoms with E-state index >= 15 is 0 Å². The molecule has 3 aromatic rings. The summed E-state index contributed by atoms with van der Waals surface area (Å²) in [6.07, 6.45) is 12.3. The second-order valence-electron chi connectivity index (χ2n) is 11.0. The first-order valence-corrected chi connectivity index (χ1v) is 14.5. The van der Waals surface area contributed by atoms with Crippen LogP contribution in [0.25, 0.3) is 10.8 Å². The van der Waals surface area contributed by atoms with Crippen molar-refractivity contribution in [3.05, 3.63) is 53.9 Å². The number of ether oxygens (including phenoxy) is 1. The Morgan fingerprint density at radius 2 is 1.72 bits per heavy atom. The fourth-order valence-electron chi connectivity index (χ4n) is 5.98. The van der Waals surface area contributed by atoms with Crippen molar-refractivity contribution < 1.29 is 9.53 Å². The molecule has 0 radical (unpaired) electrons. The Morgan fingerprint density at radius 1 is 0.923 bits per heavy atom. The molecule has 2 saturated heterocycles. The number of fused-ring (bicyclic) bond motifs is 3. The fourth-order valence-corrected chi connectivity index (χ4v) is 5.98. The highest BCUT2D eigenvalue weighted by atomic mass is 16.5. The van der Waals surface area contributed by atoms with Crippen molar-refractivity contribution in [1.29, 1.82) is 0 Å². The van der Waals surface area contributed by atoms with Gasteiger partial charge in [-0.3, -0.25) is 14.7 Å². The number of carbonyl (C=O) groups is 1. The summed E-state index contributed by atoms with van der Waals surface area (Å²) in [5, 5.41) is 2.14. The number of amides is 1. The Hall–Kier alpha value is -3.52. The van der Waals surface area contributed by atoms with Crippen LogP contribution >= 0.6 is 0 Å². The number of rotatable bonds is 9. The summed E-state index contributed by atoms with van der Waals surface area (Å²) in [6, 6.07) is 10.3. The van der Waals surface area contributed by atoms with Gasteiger partial charge in [0.15, 0.2) is 0 Å². The van der Waals surface area contributed by atoms with Gasteiger partial charge in [-0.25, -0.2) is 9.97 Å². The molecule has 0 spiro atoms. The molecule has 1 aromatic heterocycles. The first kappa shape index (κ1) is 25.7. The lowest BCUT2D eigenvalue weighted by Gasteiger charge is -2.34. The largest absolute Gasteiger partial charge is 0.493 e. The van der Waals surface area contributed by atoms with Crippen LogP contribution in [0.3, 0.4) is 0 Å². The number of nitrogens with zero attached hydrogens (tertiary/aromatic N) is 6. The molecule has 3 aliphatic rings. The molecule has 1 atom stereocenters. The zero-order valence-corrected chi connectivity index (χ0v) is 22.9. The number of aliphatic imine (C=N–C) groups is 1. The maximum atomic E-state index is 13.1. The summed E-state index contributed by atoms with van der Waals surface area (Å²) < 4.78 is 6.20. The third-order valence-corrected chi connectivity index (χ3v) is 8.26. The van der Waals surface area contributed by atoms with E-state index in [1.165, 1.54) is 19.3 Å². The molecule has 3 aliphatic heterocycles. The topological polar surface area (TPSA) is 74.2 Å². The van der Waals surface area contributed by atoms with E-state index < -0.39 is 0 Å². The summed E-state index contributed by atoms with van der Waals surface area (Å²) in [6.45, 7) is 8.91. The van der Waals surface area contributed by atoms with Gasteiger partial charge in [0.25, 0.3) is 5.91 Å². The number of hydrogen-bond acceptors (Lipinski definition) is 7. The van der Waals surface area contributed by atoms with E-state index in [1.807, 2.05) is 41.7 Å². The molecular weight excluding hydrogens is 488 g/mol. The van der Waals surface area contributed by atoms with Gasteiger partial charge in [0.05, 0.1) is 23.9 Å². The molecule has 8 nitrogen and oxygen atoms in total. The molecule has 8 heteroatoms. The molecule has 1 amide bonds. The Labute approximate surface area is 230 Å². The third-order valence-electron chi connectivity index (χ3n) is 8.26. The van der Waals surface area contributed by atoms with E-state index in [1.54, 1.807) is 0 Å². The van der Waals surface area contributed by atoms with E-state index in [2.05, 4.69) is 38.8 Å². The molecule has 0 unspecified atom stereocenters. The van der Waals surface area contributed by atoms with Crippen LogP contribution in [-0.4, -0.2) is 83.8 Å². The standard InChI is InChI=1S/C31H38N6O2/c1-23-18-24-19-27-28(34-22-26-8-6-12-37(26)30(27)38)20-25(24)21-29(23)39-17-5-3-2-4-11-35-13-15-36(16-14-35)31-32-9-7-10-33-31/h7,9-10,18-22,26H,2-6,8,11-17H2,1H3/t26-/m0/s1. The molecule has 6 rings (SSSR count). The lowest BCUT2D eigenvalue weighted by atomic mass is 10.0. The molecule has 0 bridgehead atoms. The van der Waals surface area contributed by atoms with E-state index in [0.29, 0.717) is 5.56 Å². The van der Waals surface area contributed by atoms with Gasteiger partial charge in [-0.1, -0.05) is 12.8 Å². The average molecular weight is 527 g/mol. The number of carbonyl (C=O) groups excluding carboxylic acids is 1. The van der Waals surface area contributed by atoms with E-state index in [0.717, 1.165) is 98.9 Å². The van der Waals surface area contributed by atoms with Crippen LogP contribution in [0.5, 0.6) is 5.75 Å². The third kappa shape index (κ3) is 5.76. The van der Waals surface area contributed by atoms with Gasteiger partial charge in [0.1, 0.15) is 5.75 Å². The summed E-state index contributed by atoms with van der Waals surface area (Å²) in [5.74, 6) is 1.87. The minimum atomic E-state index is 0.105. The molecule has 2 aromatic carbocycles. The van der Waals surface area contributed by atoms with Gasteiger partial charge >= 0.3 is 0 Å². The highest BCUT2D eigenvalue weighted by Crippen LogP contribution is 2.34. The SMILES string of the molecule is Cc1cc2cc3c(cc2cc1OCCCCCCN1CCN(c2ncccn2)CC1)N=C[C@@H]1CCCN1C3=O. The maximum absolute atomic E-state index is 13.1. The lowest BCUT2D eigenvalue weighted by Crippen LogP contribution is -2.47. The van der Waals surface area contributed by atoms with Crippen molar-refractivity contribution in [3.63, 3.8) is 0 Å². The minimum absolute atomic E-state index is 0.105. The lowest BCUT2D eigenvalue weighted by molar-refractivity contribution is 0.0775. The van der Waals surface area contributed by atoms with E-state index in [-0.39, 0.29) is 11.9 Å². The molecule has 2 fully saturated rings. The van der Waals surface area contributed by atoms with Gasteiger partial charge in [0.2, 0.25) is 5.95 Å². The summed E-state index contributed by atoms with van der Waals surface area (Å²) in [4.78, 5) is 33.4. The zero-order valence-electron chi connectivity index (χ0n) is 22.9. The molecule has 39 heavy (non-hydrogen) atoms. The second-order valence-corrected chi connectivity index (χ2v) is 11.0. The van der Waals surface area contributed by atoms with Gasteiger partial charge in [-0.15, -0.1) is 0 Å². The molecular formula is C31H38N6O2. The van der Waals surface area contributed by atoms with Crippen molar-refractivity contribution in [3.8, 4) is 5.75 Å². The van der Waals surface area contributed by atoms with Crippen molar-refractivity contribution in [1.82, 2.24) is 19.8 Å². The highest BCUT2D eigenvalue weighted by Gasteiger charge is 2.31. The van der Waals surface area contributed by atoms with Gasteiger partial charge in [-0.2, -0.15) is 0 Å². The van der Waals surface area contributed by atoms with Crippen molar-refractivity contribution in [2.75, 3.05) is 50.8 Å². The second kappa shape index (κ2) is 11.7. The summed E-state index contributed by atoms with van der Waals surface area (Å²) in [7, 11) is 0. The van der Waals surface area contributed by atoms with Gasteiger partial charge < -0.3 is 14.5 Å². The summed E-state index contributed by atoms with van der Waals surface area (Å²) >= 11 is 0. The Kier molecular flexibility index (Phi) is 7.72. The van der Waals surface area contributed by atoms with Crippen LogP contribution in [0.4, 0.5) is 11.6 Å². The van der Waals surface area contributed by atoms with Crippen LogP contribution in [-0.2, 0) is 0 Å². The Bertz CT molecular complexity index is 1340. The number of benzene rings is 2. The molecule has 0 N–H and O–H groups in total. The van der Waals surface area contributed by atoms with Crippen LogP contribution < -0.4 is 9.64 Å². The fraction of sp³-hybridized carbons (Fsp3) is 0.484. The molecule has 0 aliphatic carbocycles. The number of aromatic nitrogens is 2. The van der Waals surface area contributed by atoms with E-state index in [4.69, 9.17) is 9.73 Å². The Balaban J connectivity index is 0.953. The highest BCUT2D eigenvalue weighted by molar-refractivity contribution is 6.06. The van der Waals surface area contributed by atoms with Crippen molar-refractivity contribution in [2.45, 2.75) is 51.5 Å². The average Bonchev–Trinajstić information content (AvgIpc) is 3.40. The van der Waals surface area contributed by atoms with Crippen LogP contribution in [0.1, 0.15) is 54.4 Å². The van der Waals surface area contributed by atoms with Crippen molar-refractivity contribution in [2.24, 2.45) is 4.99 Å². The minimum Gasteiger partial charge on any atom is -0.493 e. The zero-order chi connectivity index (χ0) is 26.6.